The van der Waals surface area contributed by atoms with Crippen LogP contribution in [0.5, 0.6) is 5.75 Å². The first-order chi connectivity index (χ1) is 13.2. The average Bonchev–Trinajstić information content (AvgIpc) is 2.92. The third-order valence-electron chi connectivity index (χ3n) is 5.67. The van der Waals surface area contributed by atoms with E-state index in [1.54, 1.807) is 19.1 Å². The van der Waals surface area contributed by atoms with E-state index < -0.39 is 16.1 Å². The zero-order chi connectivity index (χ0) is 20.8. The highest BCUT2D eigenvalue weighted by molar-refractivity contribution is 7.89. The number of carbonyl (C=O) groups excluding carboxylic acids is 1. The summed E-state index contributed by atoms with van der Waals surface area (Å²) < 4.78 is 32.6. The summed E-state index contributed by atoms with van der Waals surface area (Å²) in [5.41, 5.74) is -0.0687. The van der Waals surface area contributed by atoms with Crippen LogP contribution in [-0.4, -0.2) is 58.6 Å². The van der Waals surface area contributed by atoms with Gasteiger partial charge in [0.05, 0.1) is 18.0 Å². The summed E-state index contributed by atoms with van der Waals surface area (Å²) in [6, 6.07) is 5.20. The molecule has 0 unspecified atom stereocenters. The highest BCUT2D eigenvalue weighted by atomic mass is 32.2. The van der Waals surface area contributed by atoms with Gasteiger partial charge in [-0.15, -0.1) is 0 Å². The van der Waals surface area contributed by atoms with Crippen LogP contribution in [-0.2, 0) is 14.8 Å². The quantitative estimate of drug-likeness (QED) is 0.640. The minimum atomic E-state index is -3.79. The molecule has 1 fully saturated rings. The number of hydrogen-bond donors (Lipinski definition) is 2. The summed E-state index contributed by atoms with van der Waals surface area (Å²) in [6.45, 7) is 2.08. The maximum Gasteiger partial charge on any atom is 0.241 e. The van der Waals surface area contributed by atoms with Crippen molar-refractivity contribution in [2.45, 2.75) is 61.9 Å². The van der Waals surface area contributed by atoms with Gasteiger partial charge in [-0.2, -0.15) is 4.72 Å². The van der Waals surface area contributed by atoms with Gasteiger partial charge in [-0.05, 0) is 58.1 Å². The minimum absolute atomic E-state index is 0.0687. The van der Waals surface area contributed by atoms with Crippen molar-refractivity contribution in [3.63, 3.8) is 0 Å². The molecule has 0 aromatic heterocycles. The Balaban J connectivity index is 1.99. The standard InChI is InChI=1S/C20H33N3O4S/c1-16(22-28(25,26)18-11-9-17(27-4)10-12-18)19(24)21-15-20(23(2)3)13-7-5-6-8-14-20/h9-12,16,22H,5-8,13-15H2,1-4H3,(H,21,24)/t16-/m0/s1. The Labute approximate surface area is 168 Å². The van der Waals surface area contributed by atoms with Crippen molar-refractivity contribution < 1.29 is 17.9 Å². The largest absolute Gasteiger partial charge is 0.497 e. The van der Waals surface area contributed by atoms with Crippen molar-refractivity contribution in [3.8, 4) is 5.75 Å². The Kier molecular flexibility index (Phi) is 7.86. The molecular formula is C20H33N3O4S. The lowest BCUT2D eigenvalue weighted by Crippen LogP contribution is -2.55. The number of rotatable bonds is 8. The first kappa shape index (κ1) is 22.6. The third kappa shape index (κ3) is 5.68. The lowest BCUT2D eigenvalue weighted by atomic mass is 9.88. The van der Waals surface area contributed by atoms with Crippen LogP contribution in [0.15, 0.2) is 29.2 Å². The van der Waals surface area contributed by atoms with Gasteiger partial charge in [0.25, 0.3) is 0 Å². The molecule has 0 bridgehead atoms. The van der Waals surface area contributed by atoms with Crippen molar-refractivity contribution in [1.29, 1.82) is 0 Å². The van der Waals surface area contributed by atoms with Crippen LogP contribution in [0.2, 0.25) is 0 Å². The smallest absolute Gasteiger partial charge is 0.241 e. The van der Waals surface area contributed by atoms with E-state index in [-0.39, 0.29) is 16.3 Å². The number of methoxy groups -OCH3 is 1. The molecule has 0 heterocycles. The number of sulfonamides is 1. The highest BCUT2D eigenvalue weighted by Gasteiger charge is 2.34. The van der Waals surface area contributed by atoms with E-state index in [1.807, 2.05) is 14.1 Å². The second kappa shape index (κ2) is 9.71. The van der Waals surface area contributed by atoms with Gasteiger partial charge in [-0.3, -0.25) is 4.79 Å². The van der Waals surface area contributed by atoms with Crippen molar-refractivity contribution in [2.24, 2.45) is 0 Å². The fraction of sp³-hybridized carbons (Fsp3) is 0.650. The van der Waals surface area contributed by atoms with Gasteiger partial charge in [0, 0.05) is 12.1 Å². The number of benzene rings is 1. The Bertz CT molecular complexity index is 739. The maximum absolute atomic E-state index is 12.6. The fourth-order valence-corrected chi connectivity index (χ4v) is 4.89. The minimum Gasteiger partial charge on any atom is -0.497 e. The van der Waals surface area contributed by atoms with Crippen LogP contribution < -0.4 is 14.8 Å². The molecule has 1 saturated carbocycles. The van der Waals surface area contributed by atoms with Crippen molar-refractivity contribution in [1.82, 2.24) is 14.9 Å². The highest BCUT2D eigenvalue weighted by Crippen LogP contribution is 2.30. The van der Waals surface area contributed by atoms with Crippen molar-refractivity contribution >= 4 is 15.9 Å². The zero-order valence-corrected chi connectivity index (χ0v) is 18.1. The summed E-state index contributed by atoms with van der Waals surface area (Å²) >= 11 is 0. The van der Waals surface area contributed by atoms with E-state index in [9.17, 15) is 13.2 Å². The van der Waals surface area contributed by atoms with E-state index in [0.29, 0.717) is 12.3 Å². The molecular weight excluding hydrogens is 378 g/mol. The first-order valence-corrected chi connectivity index (χ1v) is 11.3. The van der Waals surface area contributed by atoms with E-state index in [4.69, 9.17) is 4.74 Å². The Morgan fingerprint density at radius 1 is 1.14 bits per heavy atom. The summed E-state index contributed by atoms with van der Waals surface area (Å²) in [5.74, 6) is 0.254. The Morgan fingerprint density at radius 2 is 1.71 bits per heavy atom. The van der Waals surface area contributed by atoms with Crippen LogP contribution in [0, 0.1) is 0 Å². The number of nitrogens with zero attached hydrogens (tertiary/aromatic N) is 1. The topological polar surface area (TPSA) is 87.7 Å². The van der Waals surface area contributed by atoms with E-state index >= 15 is 0 Å². The van der Waals surface area contributed by atoms with Crippen LogP contribution >= 0.6 is 0 Å². The van der Waals surface area contributed by atoms with Gasteiger partial charge in [0.1, 0.15) is 5.75 Å². The van der Waals surface area contributed by atoms with Crippen molar-refractivity contribution in [2.75, 3.05) is 27.7 Å². The molecule has 8 heteroatoms. The number of carbonyl (C=O) groups is 1. The molecule has 0 spiro atoms. The molecule has 1 aliphatic rings. The molecule has 1 atom stereocenters. The zero-order valence-electron chi connectivity index (χ0n) is 17.3. The number of hydrogen-bond acceptors (Lipinski definition) is 5. The van der Waals surface area contributed by atoms with E-state index in [1.165, 1.54) is 32.1 Å². The molecule has 7 nitrogen and oxygen atoms in total. The van der Waals surface area contributed by atoms with Gasteiger partial charge >= 0.3 is 0 Å². The molecule has 1 aliphatic carbocycles. The van der Waals surface area contributed by atoms with Crippen LogP contribution in [0.1, 0.15) is 45.4 Å². The monoisotopic (exact) mass is 411 g/mol. The number of likely N-dealkylation sites (N-methyl/N-ethyl adjacent to an activating group) is 1. The molecule has 2 N–H and O–H groups in total. The SMILES string of the molecule is COc1ccc(S(=O)(=O)N[C@@H](C)C(=O)NCC2(N(C)C)CCCCCC2)cc1. The fourth-order valence-electron chi connectivity index (χ4n) is 3.68. The molecule has 2 rings (SSSR count). The molecule has 28 heavy (non-hydrogen) atoms. The summed E-state index contributed by atoms with van der Waals surface area (Å²) in [7, 11) is 1.83. The van der Waals surface area contributed by atoms with Gasteiger partial charge in [-0.1, -0.05) is 25.7 Å². The van der Waals surface area contributed by atoms with Crippen LogP contribution in [0.4, 0.5) is 0 Å². The van der Waals surface area contributed by atoms with Gasteiger partial charge in [0.2, 0.25) is 15.9 Å². The predicted molar refractivity (Wildman–Crippen MR) is 110 cm³/mol. The number of amides is 1. The van der Waals surface area contributed by atoms with Gasteiger partial charge in [0.15, 0.2) is 0 Å². The maximum atomic E-state index is 12.6. The van der Waals surface area contributed by atoms with Crippen LogP contribution in [0.3, 0.4) is 0 Å². The number of ether oxygens (including phenoxy) is 1. The normalized spacial score (nSPS) is 18.3. The average molecular weight is 412 g/mol. The predicted octanol–water partition coefficient (Wildman–Crippen LogP) is 2.13. The molecule has 0 aliphatic heterocycles. The van der Waals surface area contributed by atoms with E-state index in [2.05, 4.69) is 14.9 Å². The second-order valence-electron chi connectivity index (χ2n) is 7.77. The van der Waals surface area contributed by atoms with Crippen molar-refractivity contribution in [3.05, 3.63) is 24.3 Å². The Hall–Kier alpha value is -1.64. The molecule has 0 radical (unpaired) electrons. The molecule has 1 amide bonds. The summed E-state index contributed by atoms with van der Waals surface area (Å²) in [6.07, 6.45) is 6.81. The molecule has 1 aromatic rings. The van der Waals surface area contributed by atoms with Crippen LogP contribution in [0.25, 0.3) is 0 Å². The lowest BCUT2D eigenvalue weighted by molar-refractivity contribution is -0.123. The molecule has 0 saturated heterocycles. The summed E-state index contributed by atoms with van der Waals surface area (Å²) in [4.78, 5) is 14.9. The Morgan fingerprint density at radius 3 is 2.21 bits per heavy atom. The lowest BCUT2D eigenvalue weighted by Gasteiger charge is -2.40. The number of nitrogens with one attached hydrogen (secondary N) is 2. The van der Waals surface area contributed by atoms with Gasteiger partial charge in [-0.25, -0.2) is 8.42 Å². The summed E-state index contributed by atoms with van der Waals surface area (Å²) in [5, 5.41) is 2.97. The third-order valence-corrected chi connectivity index (χ3v) is 7.23. The van der Waals surface area contributed by atoms with Gasteiger partial charge < -0.3 is 15.0 Å². The molecule has 158 valence electrons. The second-order valence-corrected chi connectivity index (χ2v) is 9.48. The molecule has 1 aromatic carbocycles. The first-order valence-electron chi connectivity index (χ1n) is 9.82. The van der Waals surface area contributed by atoms with E-state index in [0.717, 1.165) is 25.7 Å².